The van der Waals surface area contributed by atoms with Crippen LogP contribution < -0.4 is 0 Å². The molecule has 2 heteroatoms. The summed E-state index contributed by atoms with van der Waals surface area (Å²) in [4.78, 5) is 0. The van der Waals surface area contributed by atoms with Gasteiger partial charge in [-0.05, 0) is 0 Å². The van der Waals surface area contributed by atoms with E-state index < -0.39 is 0 Å². The van der Waals surface area contributed by atoms with Crippen molar-refractivity contribution in [2.45, 2.75) is 6.92 Å². The average molecular weight is 133 g/mol. The van der Waals surface area contributed by atoms with Crippen molar-refractivity contribution < 1.29 is 0 Å². The maximum atomic E-state index is 3.15. The fourth-order valence-corrected chi connectivity index (χ4v) is 0. The third kappa shape index (κ3) is 10.5. The molecule has 4 heavy (non-hydrogen) atoms. The monoisotopic (exact) mass is 132 g/mol. The van der Waals surface area contributed by atoms with Crippen LogP contribution in [0.4, 0.5) is 0 Å². The molecule has 0 saturated heterocycles. The summed E-state index contributed by atoms with van der Waals surface area (Å²) in [5, 5.41) is 1.06. The van der Waals surface area contributed by atoms with Gasteiger partial charge < -0.3 is 0 Å². The number of alkyl halides is 1. The minimum Gasteiger partial charge on any atom is -0.0931 e. The van der Waals surface area contributed by atoms with Crippen LogP contribution in [-0.4, -0.2) is 28.4 Å². The highest BCUT2D eigenvalue weighted by Crippen LogP contribution is 1.67. The van der Waals surface area contributed by atoms with Gasteiger partial charge in [-0.2, -0.15) is 0 Å². The predicted molar refractivity (Wildman–Crippen MR) is 25.2 cm³/mol. The minimum absolute atomic E-state index is 0. The molecule has 0 aromatic carbocycles. The fourth-order valence-electron chi connectivity index (χ4n) is 0. The fraction of sp³-hybridized carbons (Fsp3) is 1.00. The second-order valence-electron chi connectivity index (χ2n) is 0.267. The Hall–Kier alpha value is 1.25. The van der Waals surface area contributed by atoms with Gasteiger partial charge in [-0.1, -0.05) is 22.9 Å². The smallest absolute Gasteiger partial charge is 0.000281 e. The third-order valence-corrected chi connectivity index (χ3v) is 0. The molecule has 0 aromatic rings. The lowest BCUT2D eigenvalue weighted by atomic mass is 11.0. The zero-order valence-electron chi connectivity index (χ0n) is 2.79. The quantitative estimate of drug-likeness (QED) is 0.342. The first kappa shape index (κ1) is 8.98. The molecule has 0 aromatic heterocycles. The molecule has 0 amide bonds. The van der Waals surface area contributed by atoms with E-state index in [0.717, 1.165) is 5.33 Å². The number of halogens is 1. The Kier molecular flexibility index (Phi) is 19.9. The van der Waals surface area contributed by atoms with Crippen LogP contribution in [0.1, 0.15) is 6.92 Å². The molecule has 0 spiro atoms. The molecule has 0 aliphatic carbocycles. The Morgan fingerprint density at radius 3 is 1.75 bits per heavy atom. The molecule has 0 aliphatic rings. The lowest BCUT2D eigenvalue weighted by Gasteiger charge is -1.45. The molecule has 0 atom stereocenters. The summed E-state index contributed by atoms with van der Waals surface area (Å²) in [7, 11) is 0. The van der Waals surface area contributed by atoms with E-state index in [4.69, 9.17) is 0 Å². The van der Waals surface area contributed by atoms with Crippen molar-refractivity contribution >= 4 is 39.0 Å². The van der Waals surface area contributed by atoms with Gasteiger partial charge in [0, 0.05) is 28.4 Å². The Morgan fingerprint density at radius 2 is 1.75 bits per heavy atom. The van der Waals surface area contributed by atoms with E-state index in [2.05, 4.69) is 15.9 Å². The van der Waals surface area contributed by atoms with E-state index in [-0.39, 0.29) is 23.1 Å². The van der Waals surface area contributed by atoms with Gasteiger partial charge in [-0.25, -0.2) is 0 Å². The molecule has 0 saturated carbocycles. The van der Waals surface area contributed by atoms with Crippen LogP contribution in [0.15, 0.2) is 0 Å². The average Bonchev–Trinajstić information content (AvgIpc) is 0.918. The summed E-state index contributed by atoms with van der Waals surface area (Å²) < 4.78 is 0. The normalized spacial score (nSPS) is 4.50. The molecule has 0 aliphatic heterocycles. The van der Waals surface area contributed by atoms with Gasteiger partial charge >= 0.3 is 0 Å². The van der Waals surface area contributed by atoms with Crippen LogP contribution in [0.3, 0.4) is 0 Å². The molecule has 22 valence electrons. The number of rotatable bonds is 0. The molecule has 0 heterocycles. The molecule has 0 fully saturated rings. The van der Waals surface area contributed by atoms with Crippen molar-refractivity contribution in [1.82, 2.24) is 0 Å². The van der Waals surface area contributed by atoms with Crippen LogP contribution in [0.25, 0.3) is 0 Å². The lowest BCUT2D eigenvalue weighted by Crippen LogP contribution is -1.34. The zero-order valence-corrected chi connectivity index (χ0v) is 5.79. The van der Waals surface area contributed by atoms with Crippen molar-refractivity contribution in [3.8, 4) is 0 Å². The highest BCUT2D eigenvalue weighted by atomic mass is 79.9. The molecular weight excluding hydrogens is 128 g/mol. The summed E-state index contributed by atoms with van der Waals surface area (Å²) in [6.45, 7) is 2.04. The molecule has 0 bridgehead atoms. The minimum atomic E-state index is 0. The van der Waals surface area contributed by atoms with Crippen molar-refractivity contribution in [3.63, 3.8) is 0 Å². The maximum absolute atomic E-state index is 3.15. The first-order valence-electron chi connectivity index (χ1n) is 0.974. The summed E-state index contributed by atoms with van der Waals surface area (Å²) in [6.07, 6.45) is 0. The summed E-state index contributed by atoms with van der Waals surface area (Å²) in [5.41, 5.74) is 0. The van der Waals surface area contributed by atoms with Gasteiger partial charge in [0.05, 0.1) is 0 Å². The Bertz CT molecular complexity index is 6.00. The Morgan fingerprint density at radius 1 is 1.75 bits per heavy atom. The first-order chi connectivity index (χ1) is 1.41. The van der Waals surface area contributed by atoms with E-state index >= 15 is 0 Å². The Labute approximate surface area is 51.2 Å². The second kappa shape index (κ2) is 8.87. The summed E-state index contributed by atoms with van der Waals surface area (Å²) in [6, 6.07) is 0. The van der Waals surface area contributed by atoms with E-state index in [0.29, 0.717) is 0 Å². The van der Waals surface area contributed by atoms with E-state index in [1.807, 2.05) is 6.92 Å². The highest BCUT2D eigenvalue weighted by molar-refractivity contribution is 9.09. The zero-order chi connectivity index (χ0) is 2.71. The number of hydrogen-bond donors (Lipinski definition) is 0. The van der Waals surface area contributed by atoms with Crippen LogP contribution in [0.5, 0.6) is 0 Å². The molecule has 2 radical (unpaired) electrons. The molecule has 0 N–H and O–H groups in total. The van der Waals surface area contributed by atoms with Gasteiger partial charge in [0.1, 0.15) is 0 Å². The van der Waals surface area contributed by atoms with Crippen LogP contribution in [0, 0.1) is 0 Å². The molecule has 0 nitrogen and oxygen atoms in total. The lowest BCUT2D eigenvalue weighted by molar-refractivity contribution is 1.56. The van der Waals surface area contributed by atoms with Crippen LogP contribution in [-0.2, 0) is 0 Å². The van der Waals surface area contributed by atoms with Crippen molar-refractivity contribution in [1.29, 1.82) is 0 Å². The van der Waals surface area contributed by atoms with Crippen molar-refractivity contribution in [2.75, 3.05) is 5.33 Å². The van der Waals surface area contributed by atoms with Crippen LogP contribution in [0.2, 0.25) is 0 Å². The first-order valence-corrected chi connectivity index (χ1v) is 2.10. The van der Waals surface area contributed by atoms with E-state index in [1.165, 1.54) is 0 Å². The molecule has 0 unspecified atom stereocenters. The van der Waals surface area contributed by atoms with E-state index in [9.17, 15) is 0 Å². The predicted octanol–water partition coefficient (Wildman–Crippen LogP) is 1.02. The molecule has 0 rings (SSSR count). The molecular formula is C2H5BrMg. The topological polar surface area (TPSA) is 0 Å². The summed E-state index contributed by atoms with van der Waals surface area (Å²) in [5.74, 6) is 0. The van der Waals surface area contributed by atoms with Gasteiger partial charge in [-0.15, -0.1) is 0 Å². The van der Waals surface area contributed by atoms with E-state index in [1.54, 1.807) is 0 Å². The second-order valence-corrected chi connectivity index (χ2v) is 1.39. The van der Waals surface area contributed by atoms with Gasteiger partial charge in [0.2, 0.25) is 0 Å². The standard InChI is InChI=1S/C2H5Br.Mg/c1-2-3;/h2H2,1H3;. The van der Waals surface area contributed by atoms with Crippen molar-refractivity contribution in [3.05, 3.63) is 0 Å². The largest absolute Gasteiger partial charge is 0.0931 e. The van der Waals surface area contributed by atoms with Gasteiger partial charge in [0.25, 0.3) is 0 Å². The van der Waals surface area contributed by atoms with Crippen molar-refractivity contribution in [2.24, 2.45) is 0 Å². The number of hydrogen-bond acceptors (Lipinski definition) is 0. The highest BCUT2D eigenvalue weighted by Gasteiger charge is 1.38. The van der Waals surface area contributed by atoms with Gasteiger partial charge in [-0.3, -0.25) is 0 Å². The maximum Gasteiger partial charge on any atom is 0.000281 e. The van der Waals surface area contributed by atoms with Crippen LogP contribution >= 0.6 is 15.9 Å². The Balaban J connectivity index is 0. The SMILES string of the molecule is CCBr.[Mg]. The van der Waals surface area contributed by atoms with Gasteiger partial charge in [0.15, 0.2) is 0 Å². The summed E-state index contributed by atoms with van der Waals surface area (Å²) >= 11 is 3.15. The third-order valence-electron chi connectivity index (χ3n) is 0.